The maximum Gasteiger partial charge on any atom is 0.255 e. The number of hydrogen-bond acceptors (Lipinski definition) is 4. The largest absolute Gasteiger partial charge is 0.370 e. The van der Waals surface area contributed by atoms with E-state index in [9.17, 15) is 13.2 Å². The van der Waals surface area contributed by atoms with Crippen molar-refractivity contribution in [1.29, 1.82) is 0 Å². The van der Waals surface area contributed by atoms with E-state index in [2.05, 4.69) is 4.98 Å². The molecule has 0 unspecified atom stereocenters. The van der Waals surface area contributed by atoms with Crippen LogP contribution in [0.15, 0.2) is 23.4 Å². The summed E-state index contributed by atoms with van der Waals surface area (Å²) < 4.78 is 21.9. The Labute approximate surface area is 87.3 Å². The van der Waals surface area contributed by atoms with Crippen molar-refractivity contribution in [1.82, 2.24) is 4.98 Å². The molecule has 0 aliphatic heterocycles. The molecule has 4 N–H and O–H groups in total. The van der Waals surface area contributed by atoms with E-state index in [-0.39, 0.29) is 11.4 Å². The van der Waals surface area contributed by atoms with Crippen molar-refractivity contribution < 1.29 is 13.2 Å². The maximum absolute atomic E-state index is 10.9. The molecule has 1 aromatic rings. The van der Waals surface area contributed by atoms with Crippen LogP contribution in [-0.4, -0.2) is 19.3 Å². The van der Waals surface area contributed by atoms with E-state index in [1.54, 1.807) is 6.07 Å². The van der Waals surface area contributed by atoms with Gasteiger partial charge in [-0.15, -0.1) is 0 Å². The second kappa shape index (κ2) is 4.37. The number of hydrogen-bond donors (Lipinski definition) is 2. The predicted octanol–water partition coefficient (Wildman–Crippen LogP) is -0.843. The molecular weight excluding hydrogens is 218 g/mol. The molecule has 7 heteroatoms. The van der Waals surface area contributed by atoms with Gasteiger partial charge in [0.05, 0.1) is 0 Å². The number of sulfonamides is 1. The number of rotatable bonds is 4. The molecular formula is C8H10N3O3S. The average Bonchev–Trinajstić information content (AvgIpc) is 2.14. The quantitative estimate of drug-likeness (QED) is 0.698. The van der Waals surface area contributed by atoms with E-state index in [0.29, 0.717) is 5.56 Å². The van der Waals surface area contributed by atoms with E-state index in [0.717, 1.165) is 0 Å². The molecule has 0 atom stereocenters. The number of nitrogens with zero attached hydrogens (tertiary/aromatic N) is 1. The first-order valence-electron chi connectivity index (χ1n) is 4.00. The van der Waals surface area contributed by atoms with Crippen LogP contribution in [0.25, 0.3) is 0 Å². The molecule has 0 bridgehead atoms. The molecule has 0 aliphatic rings. The van der Waals surface area contributed by atoms with E-state index in [4.69, 9.17) is 10.9 Å². The number of carbonyl (C=O) groups excluding carboxylic acids is 1. The SMILES string of the molecule is NC(=O)C[CH]c1ccnc(S(N)(=O)=O)c1. The fourth-order valence-electron chi connectivity index (χ4n) is 0.926. The Kier molecular flexibility index (Phi) is 3.38. The Morgan fingerprint density at radius 1 is 1.53 bits per heavy atom. The second-order valence-corrected chi connectivity index (χ2v) is 4.36. The number of aromatic nitrogens is 1. The van der Waals surface area contributed by atoms with Crippen LogP contribution in [0.5, 0.6) is 0 Å². The summed E-state index contributed by atoms with van der Waals surface area (Å²) in [7, 11) is -3.81. The van der Waals surface area contributed by atoms with Gasteiger partial charge in [0.2, 0.25) is 5.91 Å². The van der Waals surface area contributed by atoms with Gasteiger partial charge < -0.3 is 5.73 Å². The molecule has 81 valence electrons. The van der Waals surface area contributed by atoms with Gasteiger partial charge in [0.1, 0.15) is 0 Å². The number of nitrogens with two attached hydrogens (primary N) is 2. The number of primary amides is 1. The van der Waals surface area contributed by atoms with Crippen LogP contribution in [0.1, 0.15) is 12.0 Å². The molecule has 15 heavy (non-hydrogen) atoms. The van der Waals surface area contributed by atoms with Crippen LogP contribution in [0, 0.1) is 6.42 Å². The van der Waals surface area contributed by atoms with Crippen LogP contribution in [-0.2, 0) is 14.8 Å². The average molecular weight is 228 g/mol. The van der Waals surface area contributed by atoms with Gasteiger partial charge in [-0.1, -0.05) is 0 Å². The van der Waals surface area contributed by atoms with Gasteiger partial charge in [-0.2, -0.15) is 0 Å². The molecule has 0 saturated heterocycles. The highest BCUT2D eigenvalue weighted by molar-refractivity contribution is 7.89. The van der Waals surface area contributed by atoms with Crippen molar-refractivity contribution in [2.24, 2.45) is 10.9 Å². The van der Waals surface area contributed by atoms with Gasteiger partial charge in [-0.3, -0.25) is 4.79 Å². The zero-order valence-corrected chi connectivity index (χ0v) is 8.57. The molecule has 1 heterocycles. The molecule has 1 radical (unpaired) electrons. The van der Waals surface area contributed by atoms with Crippen molar-refractivity contribution in [3.63, 3.8) is 0 Å². The van der Waals surface area contributed by atoms with Gasteiger partial charge >= 0.3 is 0 Å². The Hall–Kier alpha value is -1.47. The third-order valence-corrected chi connectivity index (χ3v) is 2.40. The van der Waals surface area contributed by atoms with E-state index < -0.39 is 15.9 Å². The van der Waals surface area contributed by atoms with Crippen LogP contribution >= 0.6 is 0 Å². The van der Waals surface area contributed by atoms with Crippen molar-refractivity contribution in [2.45, 2.75) is 11.4 Å². The van der Waals surface area contributed by atoms with Crippen LogP contribution in [0.3, 0.4) is 0 Å². The first-order valence-corrected chi connectivity index (χ1v) is 5.54. The highest BCUT2D eigenvalue weighted by Crippen LogP contribution is 2.09. The Balaban J connectivity index is 2.89. The summed E-state index contributed by atoms with van der Waals surface area (Å²) >= 11 is 0. The van der Waals surface area contributed by atoms with Crippen LogP contribution in [0.2, 0.25) is 0 Å². The lowest BCUT2D eigenvalue weighted by molar-refractivity contribution is -0.117. The summed E-state index contributed by atoms with van der Waals surface area (Å²) in [6.07, 6.45) is 2.83. The monoisotopic (exact) mass is 228 g/mol. The topological polar surface area (TPSA) is 116 Å². The zero-order chi connectivity index (χ0) is 11.5. The minimum atomic E-state index is -3.81. The number of amides is 1. The van der Waals surface area contributed by atoms with Crippen LogP contribution < -0.4 is 10.9 Å². The number of pyridine rings is 1. The van der Waals surface area contributed by atoms with E-state index >= 15 is 0 Å². The Bertz CT molecular complexity index is 470. The zero-order valence-electron chi connectivity index (χ0n) is 7.75. The van der Waals surface area contributed by atoms with Crippen molar-refractivity contribution >= 4 is 15.9 Å². The molecule has 0 saturated carbocycles. The van der Waals surface area contributed by atoms with Gasteiger partial charge in [0.25, 0.3) is 10.0 Å². The normalized spacial score (nSPS) is 11.3. The summed E-state index contributed by atoms with van der Waals surface area (Å²) in [6, 6.07) is 2.83. The minimum absolute atomic E-state index is 0.0358. The molecule has 0 aromatic carbocycles. The molecule has 1 rings (SSSR count). The summed E-state index contributed by atoms with van der Waals surface area (Å²) in [6.45, 7) is 0. The highest BCUT2D eigenvalue weighted by atomic mass is 32.2. The molecule has 1 aromatic heterocycles. The molecule has 0 aliphatic carbocycles. The van der Waals surface area contributed by atoms with Crippen molar-refractivity contribution in [3.8, 4) is 0 Å². The first kappa shape index (κ1) is 11.6. The molecule has 6 nitrogen and oxygen atoms in total. The molecule has 1 amide bonds. The lowest BCUT2D eigenvalue weighted by Crippen LogP contribution is -2.14. The highest BCUT2D eigenvalue weighted by Gasteiger charge is 2.09. The number of carbonyl (C=O) groups is 1. The van der Waals surface area contributed by atoms with E-state index in [1.807, 2.05) is 0 Å². The van der Waals surface area contributed by atoms with Gasteiger partial charge in [-0.05, 0) is 17.7 Å². The predicted molar refractivity (Wildman–Crippen MR) is 52.8 cm³/mol. The van der Waals surface area contributed by atoms with E-state index in [1.165, 1.54) is 18.7 Å². The standard InChI is InChI=1S/C8H10N3O3S/c9-7(12)2-1-6-3-4-11-8(5-6)15(10,13)14/h1,3-5H,2H2,(H2,9,12)(H2,10,13,14). The third-order valence-electron chi connectivity index (χ3n) is 1.59. The second-order valence-electron chi connectivity index (χ2n) is 2.85. The summed E-state index contributed by atoms with van der Waals surface area (Å²) in [5.41, 5.74) is 5.47. The third kappa shape index (κ3) is 3.64. The smallest absolute Gasteiger partial charge is 0.255 e. The fraction of sp³-hybridized carbons (Fsp3) is 0.125. The first-order chi connectivity index (χ1) is 6.89. The van der Waals surface area contributed by atoms with Gasteiger partial charge in [0, 0.05) is 19.0 Å². The summed E-state index contributed by atoms with van der Waals surface area (Å²) in [4.78, 5) is 14.1. The summed E-state index contributed by atoms with van der Waals surface area (Å²) in [5, 5.41) is 4.65. The lowest BCUT2D eigenvalue weighted by atomic mass is 10.1. The maximum atomic E-state index is 10.9. The summed E-state index contributed by atoms with van der Waals surface area (Å²) in [5.74, 6) is -0.496. The molecule has 0 fully saturated rings. The number of primary sulfonamides is 1. The lowest BCUT2D eigenvalue weighted by Gasteiger charge is -2.00. The fourth-order valence-corrected chi connectivity index (χ4v) is 1.43. The van der Waals surface area contributed by atoms with Gasteiger partial charge in [0.15, 0.2) is 5.03 Å². The van der Waals surface area contributed by atoms with Crippen molar-refractivity contribution in [2.75, 3.05) is 0 Å². The Morgan fingerprint density at radius 3 is 2.73 bits per heavy atom. The minimum Gasteiger partial charge on any atom is -0.370 e. The van der Waals surface area contributed by atoms with Crippen molar-refractivity contribution in [3.05, 3.63) is 30.3 Å². The molecule has 0 spiro atoms. The van der Waals surface area contributed by atoms with Crippen LogP contribution in [0.4, 0.5) is 0 Å². The Morgan fingerprint density at radius 2 is 2.20 bits per heavy atom. The van der Waals surface area contributed by atoms with Gasteiger partial charge in [-0.25, -0.2) is 18.5 Å².